The molecule has 3 N–H and O–H groups in total. The number of H-pyrrole nitrogens is 1. The molecule has 10 heteroatoms. The first-order valence-electron chi connectivity index (χ1n) is 15.6. The van der Waals surface area contributed by atoms with Gasteiger partial charge in [-0.2, -0.15) is 10.5 Å². The van der Waals surface area contributed by atoms with Crippen LogP contribution in [0.1, 0.15) is 103 Å². The molecule has 0 saturated carbocycles. The summed E-state index contributed by atoms with van der Waals surface area (Å²) in [6.07, 6.45) is 4.79. The molecule has 1 aliphatic rings. The van der Waals surface area contributed by atoms with Crippen LogP contribution in [-0.2, 0) is 17.6 Å². The first-order chi connectivity index (χ1) is 20.9. The third-order valence-electron chi connectivity index (χ3n) is 8.27. The zero-order valence-electron chi connectivity index (χ0n) is 26.9. The van der Waals surface area contributed by atoms with Crippen LogP contribution in [0, 0.1) is 25.2 Å². The molecule has 3 unspecified atom stereocenters. The molecule has 234 valence electrons. The smallest absolute Gasteiger partial charge is 0.251 e. The molecular formula is C34H46N8O2. The summed E-state index contributed by atoms with van der Waals surface area (Å²) in [6.45, 7) is 13.0. The fourth-order valence-corrected chi connectivity index (χ4v) is 5.91. The van der Waals surface area contributed by atoms with Gasteiger partial charge in [0.25, 0.3) is 5.91 Å². The number of nitrogens with one attached hydrogen (secondary N) is 3. The van der Waals surface area contributed by atoms with Gasteiger partial charge in [-0.05, 0) is 114 Å². The Labute approximate surface area is 261 Å². The minimum atomic E-state index is -0.359. The molecule has 1 aliphatic heterocycles. The quantitative estimate of drug-likeness (QED) is 0.295. The standard InChI is InChI=1S/C34H46N8O2/c1-22-10-11-23(2)25(17-22)12-13-26-19-27(33(44)37-34(4,5)6)14-15-29(26)30(32-38-40-41-39-32)18-24(3)36-21-31(43)42-16-8-7-9-28(42)20-35/h10-11,14-15,17,19,24,28,30,36H,7-9,12-13,16,18,21H2,1-6H3,(H,37,44)(H,38,39,40,41). The van der Waals surface area contributed by atoms with Crippen LogP contribution in [0.2, 0.25) is 0 Å². The molecule has 0 radical (unpaired) electrons. The molecule has 1 saturated heterocycles. The number of nitriles is 1. The Hall–Kier alpha value is -4.10. The van der Waals surface area contributed by atoms with E-state index in [1.807, 2.05) is 45.9 Å². The maximum Gasteiger partial charge on any atom is 0.251 e. The zero-order valence-corrected chi connectivity index (χ0v) is 26.9. The average Bonchev–Trinajstić information content (AvgIpc) is 3.53. The summed E-state index contributed by atoms with van der Waals surface area (Å²) in [5, 5.41) is 31.1. The Morgan fingerprint density at radius 3 is 2.59 bits per heavy atom. The van der Waals surface area contributed by atoms with Crippen molar-refractivity contribution in [1.82, 2.24) is 36.2 Å². The van der Waals surface area contributed by atoms with E-state index in [9.17, 15) is 14.9 Å². The lowest BCUT2D eigenvalue weighted by atomic mass is 9.85. The van der Waals surface area contributed by atoms with Crippen LogP contribution in [0.5, 0.6) is 0 Å². The third-order valence-corrected chi connectivity index (χ3v) is 8.27. The van der Waals surface area contributed by atoms with Crippen molar-refractivity contribution >= 4 is 11.8 Å². The van der Waals surface area contributed by atoms with Crippen molar-refractivity contribution in [2.75, 3.05) is 13.1 Å². The minimum absolute atomic E-state index is 0.0531. The van der Waals surface area contributed by atoms with Crippen LogP contribution in [0.15, 0.2) is 36.4 Å². The molecule has 0 aliphatic carbocycles. The Morgan fingerprint density at radius 2 is 1.89 bits per heavy atom. The number of hydrogen-bond acceptors (Lipinski definition) is 7. The molecule has 0 spiro atoms. The topological polar surface area (TPSA) is 140 Å². The number of aromatic amines is 1. The maximum atomic E-state index is 13.2. The number of aryl methyl sites for hydroxylation is 4. The predicted octanol–water partition coefficient (Wildman–Crippen LogP) is 4.53. The van der Waals surface area contributed by atoms with E-state index in [-0.39, 0.29) is 41.9 Å². The van der Waals surface area contributed by atoms with Gasteiger partial charge in [-0.1, -0.05) is 35.0 Å². The van der Waals surface area contributed by atoms with Gasteiger partial charge in [0.15, 0.2) is 5.82 Å². The maximum absolute atomic E-state index is 13.2. The van der Waals surface area contributed by atoms with E-state index in [4.69, 9.17) is 0 Å². The number of carbonyl (C=O) groups is 2. The van der Waals surface area contributed by atoms with E-state index >= 15 is 0 Å². The van der Waals surface area contributed by atoms with Gasteiger partial charge in [0.05, 0.1) is 12.6 Å². The van der Waals surface area contributed by atoms with Crippen molar-refractivity contribution in [2.45, 2.75) is 104 Å². The van der Waals surface area contributed by atoms with Crippen LogP contribution in [0.4, 0.5) is 0 Å². The minimum Gasteiger partial charge on any atom is -0.347 e. The van der Waals surface area contributed by atoms with E-state index < -0.39 is 0 Å². The Kier molecular flexibility index (Phi) is 10.9. The van der Waals surface area contributed by atoms with Gasteiger partial charge in [-0.3, -0.25) is 9.59 Å². The number of carbonyl (C=O) groups excluding carboxylic acids is 2. The number of tetrazole rings is 1. The van der Waals surface area contributed by atoms with Gasteiger partial charge in [0.1, 0.15) is 6.04 Å². The summed E-state index contributed by atoms with van der Waals surface area (Å²) in [6, 6.07) is 14.2. The summed E-state index contributed by atoms with van der Waals surface area (Å²) < 4.78 is 0. The van der Waals surface area contributed by atoms with Gasteiger partial charge in [-0.15, -0.1) is 10.2 Å². The molecule has 2 amide bonds. The Morgan fingerprint density at radius 1 is 1.11 bits per heavy atom. The predicted molar refractivity (Wildman–Crippen MR) is 170 cm³/mol. The first kappa shape index (κ1) is 32.8. The van der Waals surface area contributed by atoms with Crippen molar-refractivity contribution in [2.24, 2.45) is 0 Å². The van der Waals surface area contributed by atoms with Crippen molar-refractivity contribution < 1.29 is 9.59 Å². The highest BCUT2D eigenvalue weighted by Gasteiger charge is 2.28. The highest BCUT2D eigenvalue weighted by atomic mass is 16.2. The molecule has 1 aromatic heterocycles. The lowest BCUT2D eigenvalue weighted by Crippen LogP contribution is -2.48. The fraction of sp³-hybridized carbons (Fsp3) is 0.529. The molecule has 10 nitrogen and oxygen atoms in total. The normalized spacial score (nSPS) is 16.7. The Bertz CT molecular complexity index is 1470. The van der Waals surface area contributed by atoms with Crippen LogP contribution in [0.3, 0.4) is 0 Å². The number of nitrogens with zero attached hydrogens (tertiary/aromatic N) is 5. The molecule has 4 rings (SSSR count). The van der Waals surface area contributed by atoms with Crippen LogP contribution in [0.25, 0.3) is 0 Å². The lowest BCUT2D eigenvalue weighted by molar-refractivity contribution is -0.132. The number of benzene rings is 2. The molecular weight excluding hydrogens is 552 g/mol. The van der Waals surface area contributed by atoms with Crippen molar-refractivity contribution in [3.05, 3.63) is 75.6 Å². The number of aromatic nitrogens is 4. The molecule has 3 atom stereocenters. The number of rotatable bonds is 11. The summed E-state index contributed by atoms with van der Waals surface area (Å²) in [4.78, 5) is 27.9. The van der Waals surface area contributed by atoms with E-state index in [1.54, 1.807) is 4.90 Å². The third kappa shape index (κ3) is 8.73. The van der Waals surface area contributed by atoms with Crippen molar-refractivity contribution in [3.63, 3.8) is 0 Å². The van der Waals surface area contributed by atoms with Gasteiger partial charge < -0.3 is 15.5 Å². The summed E-state index contributed by atoms with van der Waals surface area (Å²) in [7, 11) is 0. The monoisotopic (exact) mass is 598 g/mol. The van der Waals surface area contributed by atoms with Crippen molar-refractivity contribution in [1.29, 1.82) is 5.26 Å². The van der Waals surface area contributed by atoms with E-state index in [1.165, 1.54) is 16.7 Å². The van der Waals surface area contributed by atoms with E-state index in [0.29, 0.717) is 24.4 Å². The second-order valence-corrected chi connectivity index (χ2v) is 13.1. The van der Waals surface area contributed by atoms with Crippen LogP contribution >= 0.6 is 0 Å². The number of hydrogen-bond donors (Lipinski definition) is 3. The molecule has 3 aromatic rings. The largest absolute Gasteiger partial charge is 0.347 e. The molecule has 44 heavy (non-hydrogen) atoms. The SMILES string of the molecule is Cc1ccc(C)c(CCc2cc(C(=O)NC(C)(C)C)ccc2C(CC(C)NCC(=O)N2CCCCC2C#N)c2nn[nH]n2)c1. The van der Waals surface area contributed by atoms with Gasteiger partial charge in [0.2, 0.25) is 5.91 Å². The van der Waals surface area contributed by atoms with Gasteiger partial charge >= 0.3 is 0 Å². The molecule has 2 aromatic carbocycles. The van der Waals surface area contributed by atoms with E-state index in [0.717, 1.165) is 43.2 Å². The molecule has 1 fully saturated rings. The summed E-state index contributed by atoms with van der Waals surface area (Å²) in [5.74, 6) is 0.171. The molecule has 2 heterocycles. The molecule has 0 bridgehead atoms. The second-order valence-electron chi connectivity index (χ2n) is 13.1. The lowest BCUT2D eigenvalue weighted by Gasteiger charge is -2.32. The second kappa shape index (κ2) is 14.6. The number of amides is 2. The summed E-state index contributed by atoms with van der Waals surface area (Å²) in [5.41, 5.74) is 6.06. The van der Waals surface area contributed by atoms with Crippen LogP contribution < -0.4 is 10.6 Å². The van der Waals surface area contributed by atoms with Gasteiger partial charge in [0, 0.05) is 29.6 Å². The highest BCUT2D eigenvalue weighted by Crippen LogP contribution is 2.31. The van der Waals surface area contributed by atoms with Crippen LogP contribution in [-0.4, -0.2) is 68.1 Å². The average molecular weight is 599 g/mol. The zero-order chi connectivity index (χ0) is 31.9. The Balaban J connectivity index is 1.60. The first-order valence-corrected chi connectivity index (χ1v) is 15.6. The fourth-order valence-electron chi connectivity index (χ4n) is 5.91. The van der Waals surface area contributed by atoms with Gasteiger partial charge in [-0.25, -0.2) is 0 Å². The number of likely N-dealkylation sites (tertiary alicyclic amines) is 1. The van der Waals surface area contributed by atoms with Crippen molar-refractivity contribution in [3.8, 4) is 6.07 Å². The highest BCUT2D eigenvalue weighted by molar-refractivity contribution is 5.95. The van der Waals surface area contributed by atoms with E-state index in [2.05, 4.69) is 69.4 Å². The summed E-state index contributed by atoms with van der Waals surface area (Å²) >= 11 is 0. The number of piperidine rings is 1.